The van der Waals surface area contributed by atoms with Gasteiger partial charge in [0.25, 0.3) is 0 Å². The lowest BCUT2D eigenvalue weighted by atomic mass is 9.98. The number of fused-ring (bicyclic) bond motifs is 4. The molecule has 0 spiro atoms. The van der Waals surface area contributed by atoms with Gasteiger partial charge >= 0.3 is 0 Å². The molecule has 0 amide bonds. The van der Waals surface area contributed by atoms with Crippen LogP contribution < -0.4 is 4.90 Å². The van der Waals surface area contributed by atoms with Crippen LogP contribution in [-0.4, -0.2) is 0 Å². The van der Waals surface area contributed by atoms with Crippen LogP contribution in [0.2, 0.25) is 0 Å². The fourth-order valence-electron chi connectivity index (χ4n) is 7.76. The molecule has 54 heavy (non-hydrogen) atoms. The van der Waals surface area contributed by atoms with Crippen molar-refractivity contribution in [3.05, 3.63) is 212 Å². The Labute approximate surface area is 314 Å². The van der Waals surface area contributed by atoms with Crippen LogP contribution in [0.4, 0.5) is 17.1 Å². The highest BCUT2D eigenvalue weighted by Crippen LogP contribution is 2.41. The summed E-state index contributed by atoms with van der Waals surface area (Å²) in [5.74, 6) is 0. The number of benzene rings is 9. The van der Waals surface area contributed by atoms with Gasteiger partial charge in [0.2, 0.25) is 0 Å². The first-order valence-corrected chi connectivity index (χ1v) is 18.4. The summed E-state index contributed by atoms with van der Waals surface area (Å²) in [6.45, 7) is 0. The Balaban J connectivity index is 1.06. The Bertz CT molecular complexity index is 2920. The molecule has 0 atom stereocenters. The number of para-hydroxylation sites is 1. The predicted octanol–water partition coefficient (Wildman–Crippen LogP) is 14.9. The third kappa shape index (κ3) is 5.81. The fourth-order valence-corrected chi connectivity index (χ4v) is 7.76. The number of rotatable bonds is 7. The van der Waals surface area contributed by atoms with Crippen molar-refractivity contribution in [1.29, 1.82) is 0 Å². The largest absolute Gasteiger partial charge is 0.456 e. The van der Waals surface area contributed by atoms with Crippen LogP contribution in [0.3, 0.4) is 0 Å². The van der Waals surface area contributed by atoms with E-state index < -0.39 is 0 Å². The minimum absolute atomic E-state index is 0.902. The Hall–Kier alpha value is -7.16. The van der Waals surface area contributed by atoms with E-state index in [2.05, 4.69) is 205 Å². The van der Waals surface area contributed by atoms with Crippen LogP contribution >= 0.6 is 0 Å². The second-order valence-corrected chi connectivity index (χ2v) is 13.8. The van der Waals surface area contributed by atoms with Crippen LogP contribution in [0, 0.1) is 0 Å². The van der Waals surface area contributed by atoms with Crippen LogP contribution in [0.15, 0.2) is 217 Å². The first-order valence-electron chi connectivity index (χ1n) is 18.4. The first-order chi connectivity index (χ1) is 26.7. The second-order valence-electron chi connectivity index (χ2n) is 13.8. The molecule has 2 nitrogen and oxygen atoms in total. The summed E-state index contributed by atoms with van der Waals surface area (Å²) in [4.78, 5) is 2.35. The van der Waals surface area contributed by atoms with E-state index in [4.69, 9.17) is 4.42 Å². The highest BCUT2D eigenvalue weighted by atomic mass is 16.3. The lowest BCUT2D eigenvalue weighted by Gasteiger charge is -2.26. The van der Waals surface area contributed by atoms with Crippen molar-refractivity contribution in [2.75, 3.05) is 4.90 Å². The van der Waals surface area contributed by atoms with Gasteiger partial charge in [-0.05, 0) is 116 Å². The van der Waals surface area contributed by atoms with Crippen LogP contribution in [0.1, 0.15) is 0 Å². The molecule has 10 aromatic rings. The van der Waals surface area contributed by atoms with E-state index in [9.17, 15) is 0 Å². The third-order valence-corrected chi connectivity index (χ3v) is 10.5. The van der Waals surface area contributed by atoms with Crippen molar-refractivity contribution in [2.24, 2.45) is 0 Å². The normalized spacial score (nSPS) is 11.3. The van der Waals surface area contributed by atoms with Gasteiger partial charge in [0.05, 0.1) is 0 Å². The van der Waals surface area contributed by atoms with Crippen molar-refractivity contribution < 1.29 is 4.42 Å². The zero-order chi connectivity index (χ0) is 35.8. The summed E-state index contributed by atoms with van der Waals surface area (Å²) in [6, 6.07) is 76.0. The molecule has 2 heteroatoms. The maximum atomic E-state index is 6.23. The highest BCUT2D eigenvalue weighted by molar-refractivity contribution is 6.12. The molecule has 0 aliphatic rings. The number of furan rings is 1. The Morgan fingerprint density at radius 1 is 0.296 bits per heavy atom. The van der Waals surface area contributed by atoms with Crippen LogP contribution in [0.25, 0.3) is 77.2 Å². The molecule has 0 bridgehead atoms. The zero-order valence-electron chi connectivity index (χ0n) is 29.6. The summed E-state index contributed by atoms with van der Waals surface area (Å²) in [7, 11) is 0. The summed E-state index contributed by atoms with van der Waals surface area (Å²) >= 11 is 0. The molecule has 0 saturated heterocycles. The maximum absolute atomic E-state index is 6.23. The van der Waals surface area contributed by atoms with Crippen molar-refractivity contribution >= 4 is 49.8 Å². The van der Waals surface area contributed by atoms with Gasteiger partial charge in [-0.1, -0.05) is 152 Å². The topological polar surface area (TPSA) is 16.4 Å². The highest BCUT2D eigenvalue weighted by Gasteiger charge is 2.17. The minimum atomic E-state index is 0.902. The van der Waals surface area contributed by atoms with Crippen molar-refractivity contribution in [1.82, 2.24) is 0 Å². The second kappa shape index (κ2) is 13.4. The Morgan fingerprint density at radius 3 is 1.63 bits per heavy atom. The molecule has 10 rings (SSSR count). The molecule has 1 aromatic heterocycles. The third-order valence-electron chi connectivity index (χ3n) is 10.5. The van der Waals surface area contributed by atoms with E-state index >= 15 is 0 Å². The van der Waals surface area contributed by atoms with Crippen LogP contribution in [0.5, 0.6) is 0 Å². The fraction of sp³-hybridized carbons (Fsp3) is 0. The maximum Gasteiger partial charge on any atom is 0.136 e. The standard InChI is InChI=1S/C52H35NO/c1-2-11-36(12-3-1)41-15-8-16-42(33-41)43-17-9-18-47(35-43)53(45-29-25-38(26-30-45)44-24-23-37-13-4-5-14-40(37)34-44)46-31-27-39(28-32-46)48-20-10-22-51-52(48)49-19-6-7-21-50(49)54-51/h1-35H. The van der Waals surface area contributed by atoms with Crippen molar-refractivity contribution in [3.63, 3.8) is 0 Å². The molecule has 0 fully saturated rings. The molecule has 0 saturated carbocycles. The molecular weight excluding hydrogens is 655 g/mol. The van der Waals surface area contributed by atoms with E-state index in [0.29, 0.717) is 0 Å². The van der Waals surface area contributed by atoms with Gasteiger partial charge in [-0.15, -0.1) is 0 Å². The van der Waals surface area contributed by atoms with E-state index in [1.165, 1.54) is 38.6 Å². The Morgan fingerprint density at radius 2 is 0.833 bits per heavy atom. The summed E-state index contributed by atoms with van der Waals surface area (Å²) in [6.07, 6.45) is 0. The summed E-state index contributed by atoms with van der Waals surface area (Å²) in [5, 5.41) is 4.77. The van der Waals surface area contributed by atoms with Gasteiger partial charge < -0.3 is 9.32 Å². The van der Waals surface area contributed by atoms with Crippen molar-refractivity contribution in [2.45, 2.75) is 0 Å². The predicted molar refractivity (Wildman–Crippen MR) is 228 cm³/mol. The Kier molecular flexibility index (Phi) is 7.85. The SMILES string of the molecule is c1ccc(-c2cccc(-c3cccc(N(c4ccc(-c5ccc6ccccc6c5)cc4)c4ccc(-c5cccc6oc7ccccc7c56)cc4)c3)c2)cc1. The molecule has 0 aliphatic carbocycles. The number of nitrogens with zero attached hydrogens (tertiary/aromatic N) is 1. The number of anilines is 3. The van der Waals surface area contributed by atoms with Gasteiger partial charge in [-0.25, -0.2) is 0 Å². The van der Waals surface area contributed by atoms with Gasteiger partial charge in [0.1, 0.15) is 11.2 Å². The van der Waals surface area contributed by atoms with Gasteiger partial charge in [0, 0.05) is 27.8 Å². The smallest absolute Gasteiger partial charge is 0.136 e. The molecule has 0 aliphatic heterocycles. The monoisotopic (exact) mass is 689 g/mol. The van der Waals surface area contributed by atoms with E-state index in [0.717, 1.165) is 55.7 Å². The lowest BCUT2D eigenvalue weighted by molar-refractivity contribution is 0.669. The molecule has 0 radical (unpaired) electrons. The lowest BCUT2D eigenvalue weighted by Crippen LogP contribution is -2.10. The van der Waals surface area contributed by atoms with Crippen molar-refractivity contribution in [3.8, 4) is 44.5 Å². The number of hydrogen-bond acceptors (Lipinski definition) is 2. The van der Waals surface area contributed by atoms with E-state index in [1.807, 2.05) is 12.1 Å². The van der Waals surface area contributed by atoms with Gasteiger partial charge in [0.15, 0.2) is 0 Å². The van der Waals surface area contributed by atoms with Gasteiger partial charge in [-0.3, -0.25) is 0 Å². The van der Waals surface area contributed by atoms with E-state index in [-0.39, 0.29) is 0 Å². The molecule has 1 heterocycles. The van der Waals surface area contributed by atoms with Crippen LogP contribution in [-0.2, 0) is 0 Å². The summed E-state index contributed by atoms with van der Waals surface area (Å²) < 4.78 is 6.23. The molecular formula is C52H35NO. The van der Waals surface area contributed by atoms with Gasteiger partial charge in [-0.2, -0.15) is 0 Å². The first kappa shape index (κ1) is 31.6. The zero-order valence-corrected chi connectivity index (χ0v) is 29.6. The average molecular weight is 690 g/mol. The molecule has 254 valence electrons. The molecule has 9 aromatic carbocycles. The minimum Gasteiger partial charge on any atom is -0.456 e. The molecule has 0 N–H and O–H groups in total. The number of hydrogen-bond donors (Lipinski definition) is 0. The van der Waals surface area contributed by atoms with E-state index in [1.54, 1.807) is 0 Å². The quantitative estimate of drug-likeness (QED) is 0.166. The summed E-state index contributed by atoms with van der Waals surface area (Å²) in [5.41, 5.74) is 14.5. The molecule has 0 unspecified atom stereocenters. The average Bonchev–Trinajstić information content (AvgIpc) is 3.64.